The Balaban J connectivity index is 1.90. The molecule has 3 rings (SSSR count). The molecule has 30 heavy (non-hydrogen) atoms. The second kappa shape index (κ2) is 8.88. The van der Waals surface area contributed by atoms with Crippen molar-refractivity contribution < 1.29 is 13.2 Å². The van der Waals surface area contributed by atoms with E-state index in [1.54, 1.807) is 0 Å². The fourth-order valence-corrected chi connectivity index (χ4v) is 5.00. The van der Waals surface area contributed by atoms with Gasteiger partial charge in [-0.3, -0.25) is 9.10 Å². The first-order chi connectivity index (χ1) is 14.2. The van der Waals surface area contributed by atoms with Crippen molar-refractivity contribution in [1.29, 1.82) is 0 Å². The Bertz CT molecular complexity index is 1170. The summed E-state index contributed by atoms with van der Waals surface area (Å²) in [5.74, 6) is -0.309. The van der Waals surface area contributed by atoms with Crippen molar-refractivity contribution in [3.8, 4) is 0 Å². The van der Waals surface area contributed by atoms with Crippen LogP contribution >= 0.6 is 0 Å². The second-order valence-corrected chi connectivity index (χ2v) is 9.49. The molecule has 0 aliphatic carbocycles. The number of sulfonamides is 1. The van der Waals surface area contributed by atoms with Gasteiger partial charge in [-0.15, -0.1) is 0 Å². The molecule has 1 amide bonds. The van der Waals surface area contributed by atoms with Crippen molar-refractivity contribution >= 4 is 32.4 Å². The number of hydrogen-bond donors (Lipinski definition) is 1. The van der Waals surface area contributed by atoms with Crippen molar-refractivity contribution in [3.63, 3.8) is 0 Å². The molecular weight excluding hydrogens is 396 g/mol. The minimum atomic E-state index is -3.66. The molecule has 3 aromatic carbocycles. The lowest BCUT2D eigenvalue weighted by atomic mass is 10.0. The van der Waals surface area contributed by atoms with Crippen LogP contribution in [0.3, 0.4) is 0 Å². The molecule has 0 heterocycles. The van der Waals surface area contributed by atoms with Crippen LogP contribution in [0.25, 0.3) is 10.8 Å². The van der Waals surface area contributed by atoms with Crippen LogP contribution in [0, 0.1) is 13.8 Å². The first kappa shape index (κ1) is 21.8. The van der Waals surface area contributed by atoms with Gasteiger partial charge in [-0.25, -0.2) is 8.42 Å². The average Bonchev–Trinajstić information content (AvgIpc) is 2.71. The van der Waals surface area contributed by atoms with Gasteiger partial charge < -0.3 is 5.32 Å². The number of benzene rings is 3. The van der Waals surface area contributed by atoms with Crippen LogP contribution in [0.5, 0.6) is 0 Å². The molecule has 0 bridgehead atoms. The maximum absolute atomic E-state index is 13.1. The Kier molecular flexibility index (Phi) is 6.46. The summed E-state index contributed by atoms with van der Waals surface area (Å²) in [4.78, 5) is 13.1. The maximum Gasteiger partial charge on any atom is 0.244 e. The van der Waals surface area contributed by atoms with Crippen molar-refractivity contribution in [3.05, 3.63) is 77.4 Å². The fourth-order valence-electron chi connectivity index (χ4n) is 3.74. The van der Waals surface area contributed by atoms with Crippen LogP contribution in [0.4, 0.5) is 5.69 Å². The van der Waals surface area contributed by atoms with E-state index in [9.17, 15) is 13.2 Å². The highest BCUT2D eigenvalue weighted by Gasteiger charge is 2.32. The highest BCUT2D eigenvalue weighted by atomic mass is 32.2. The number of nitrogens with one attached hydrogen (secondary N) is 1. The van der Waals surface area contributed by atoms with Crippen LogP contribution in [-0.4, -0.2) is 26.6 Å². The van der Waals surface area contributed by atoms with E-state index in [0.717, 1.165) is 33.7 Å². The van der Waals surface area contributed by atoms with Gasteiger partial charge in [0.25, 0.3) is 0 Å². The molecule has 1 atom stereocenters. The van der Waals surface area contributed by atoms with Crippen LogP contribution in [0.15, 0.2) is 60.7 Å². The molecule has 0 fully saturated rings. The molecule has 5 nitrogen and oxygen atoms in total. The van der Waals surface area contributed by atoms with Crippen LogP contribution in [0.2, 0.25) is 0 Å². The molecule has 0 aliphatic heterocycles. The third kappa shape index (κ3) is 4.65. The molecule has 6 heteroatoms. The standard InChI is InChI=1S/C24H28N2O3S/c1-5-22(26(30(4,28)29)23-15-17(2)13-14-18(23)3)24(27)25-16-20-11-8-10-19-9-6-7-12-21(19)20/h6-15,22H,5,16H2,1-4H3,(H,25,27)/t22-/m0/s1. The summed E-state index contributed by atoms with van der Waals surface area (Å²) in [5.41, 5.74) is 3.29. The maximum atomic E-state index is 13.1. The number of carbonyl (C=O) groups excluding carboxylic acids is 1. The van der Waals surface area contributed by atoms with Gasteiger partial charge >= 0.3 is 0 Å². The SMILES string of the molecule is CC[C@@H](C(=O)NCc1cccc2ccccc12)N(c1cc(C)ccc1C)S(C)(=O)=O. The fraction of sp³-hybridized carbons (Fsp3) is 0.292. The van der Waals surface area contributed by atoms with Gasteiger partial charge in [0.05, 0.1) is 11.9 Å². The summed E-state index contributed by atoms with van der Waals surface area (Å²) in [6.07, 6.45) is 1.51. The second-order valence-electron chi connectivity index (χ2n) is 7.63. The van der Waals surface area contributed by atoms with Gasteiger partial charge in [0.15, 0.2) is 0 Å². The van der Waals surface area contributed by atoms with Crippen LogP contribution < -0.4 is 9.62 Å². The van der Waals surface area contributed by atoms with Gasteiger partial charge in [0.2, 0.25) is 15.9 Å². The number of fused-ring (bicyclic) bond motifs is 1. The number of nitrogens with zero attached hydrogens (tertiary/aromatic N) is 1. The van der Waals surface area contributed by atoms with Crippen molar-refractivity contribution in [2.45, 2.75) is 39.8 Å². The zero-order valence-corrected chi connectivity index (χ0v) is 18.7. The van der Waals surface area contributed by atoms with E-state index in [2.05, 4.69) is 5.32 Å². The number of aryl methyl sites for hydroxylation is 2. The lowest BCUT2D eigenvalue weighted by molar-refractivity contribution is -0.122. The Labute approximate surface area is 178 Å². The zero-order valence-electron chi connectivity index (χ0n) is 17.8. The largest absolute Gasteiger partial charge is 0.350 e. The van der Waals surface area contributed by atoms with Crippen molar-refractivity contribution in [1.82, 2.24) is 5.32 Å². The molecule has 0 aliphatic rings. The van der Waals surface area contributed by atoms with E-state index in [-0.39, 0.29) is 5.91 Å². The summed E-state index contributed by atoms with van der Waals surface area (Å²) in [6.45, 7) is 5.92. The summed E-state index contributed by atoms with van der Waals surface area (Å²) in [6, 6.07) is 18.8. The van der Waals surface area contributed by atoms with E-state index in [1.807, 2.05) is 81.4 Å². The number of hydrogen-bond acceptors (Lipinski definition) is 3. The molecule has 0 saturated carbocycles. The predicted octanol–water partition coefficient (Wildman–Crippen LogP) is 4.32. The Morgan fingerprint density at radius 2 is 1.73 bits per heavy atom. The molecule has 158 valence electrons. The lowest BCUT2D eigenvalue weighted by Gasteiger charge is -2.31. The Morgan fingerprint density at radius 3 is 2.43 bits per heavy atom. The third-order valence-corrected chi connectivity index (χ3v) is 6.43. The topological polar surface area (TPSA) is 66.5 Å². The predicted molar refractivity (Wildman–Crippen MR) is 123 cm³/mol. The van der Waals surface area contributed by atoms with Crippen molar-refractivity contribution in [2.75, 3.05) is 10.6 Å². The lowest BCUT2D eigenvalue weighted by Crippen LogP contribution is -2.49. The number of anilines is 1. The monoisotopic (exact) mass is 424 g/mol. The smallest absolute Gasteiger partial charge is 0.244 e. The zero-order chi connectivity index (χ0) is 21.9. The summed E-state index contributed by atoms with van der Waals surface area (Å²) in [5, 5.41) is 5.13. The third-order valence-electron chi connectivity index (χ3n) is 5.26. The Morgan fingerprint density at radius 1 is 1.03 bits per heavy atom. The van der Waals surface area contributed by atoms with Gasteiger partial charge in [-0.1, -0.05) is 61.5 Å². The molecule has 1 N–H and O–H groups in total. The van der Waals surface area contributed by atoms with Crippen LogP contribution in [0.1, 0.15) is 30.0 Å². The van der Waals surface area contributed by atoms with E-state index in [4.69, 9.17) is 0 Å². The number of carbonyl (C=O) groups is 1. The van der Waals surface area contributed by atoms with Crippen LogP contribution in [-0.2, 0) is 21.4 Å². The first-order valence-corrected chi connectivity index (χ1v) is 11.9. The normalized spacial score (nSPS) is 12.5. The number of amides is 1. The molecular formula is C24H28N2O3S. The minimum Gasteiger partial charge on any atom is -0.350 e. The molecule has 3 aromatic rings. The van der Waals surface area contributed by atoms with Gasteiger partial charge in [0, 0.05) is 6.54 Å². The highest BCUT2D eigenvalue weighted by Crippen LogP contribution is 2.27. The molecule has 0 radical (unpaired) electrons. The summed E-state index contributed by atoms with van der Waals surface area (Å²) >= 11 is 0. The summed E-state index contributed by atoms with van der Waals surface area (Å²) < 4.78 is 26.6. The molecule has 0 saturated heterocycles. The van der Waals surface area contributed by atoms with E-state index in [1.165, 1.54) is 4.31 Å². The minimum absolute atomic E-state index is 0.309. The van der Waals surface area contributed by atoms with E-state index < -0.39 is 16.1 Å². The number of rotatable bonds is 7. The van der Waals surface area contributed by atoms with Gasteiger partial charge in [-0.2, -0.15) is 0 Å². The molecule has 0 aromatic heterocycles. The molecule has 0 unspecified atom stereocenters. The van der Waals surface area contributed by atoms with Gasteiger partial charge in [-0.05, 0) is 53.8 Å². The molecule has 0 spiro atoms. The first-order valence-electron chi connectivity index (χ1n) is 10.0. The Hall–Kier alpha value is -2.86. The quantitative estimate of drug-likeness (QED) is 0.614. The van der Waals surface area contributed by atoms with Crippen molar-refractivity contribution in [2.24, 2.45) is 0 Å². The average molecular weight is 425 g/mol. The summed E-state index contributed by atoms with van der Waals surface area (Å²) in [7, 11) is -3.66. The van der Waals surface area contributed by atoms with Gasteiger partial charge in [0.1, 0.15) is 6.04 Å². The van der Waals surface area contributed by atoms with E-state index in [0.29, 0.717) is 18.7 Å². The van der Waals surface area contributed by atoms with E-state index >= 15 is 0 Å². The highest BCUT2D eigenvalue weighted by molar-refractivity contribution is 7.92.